The van der Waals surface area contributed by atoms with Crippen molar-refractivity contribution in [2.75, 3.05) is 0 Å². The zero-order valence-corrected chi connectivity index (χ0v) is 12.8. The van der Waals surface area contributed by atoms with Crippen LogP contribution in [0.25, 0.3) is 17.5 Å². The summed E-state index contributed by atoms with van der Waals surface area (Å²) in [5.74, 6) is 0.0493. The summed E-state index contributed by atoms with van der Waals surface area (Å²) in [7, 11) is 0. The zero-order chi connectivity index (χ0) is 15.8. The van der Waals surface area contributed by atoms with Crippen molar-refractivity contribution in [2.24, 2.45) is 10.2 Å². The summed E-state index contributed by atoms with van der Waals surface area (Å²) in [4.78, 5) is 3.02. The largest absolute Gasteiger partial charge is 0.493 e. The van der Waals surface area contributed by atoms with Gasteiger partial charge in [-0.25, -0.2) is 0 Å². The van der Waals surface area contributed by atoms with Crippen molar-refractivity contribution in [3.8, 4) is 11.6 Å². The fraction of sp³-hybridized carbons (Fsp3) is 0. The quantitative estimate of drug-likeness (QED) is 0.664. The van der Waals surface area contributed by atoms with Gasteiger partial charge in [-0.05, 0) is 36.5 Å². The molecular formula is C17H12N4OS. The molecule has 0 aliphatic carbocycles. The number of rotatable bonds is 2. The lowest BCUT2D eigenvalue weighted by molar-refractivity contribution is 0.441. The lowest BCUT2D eigenvalue weighted by atomic mass is 10.1. The van der Waals surface area contributed by atoms with E-state index in [1.165, 1.54) is 0 Å². The molecule has 2 heterocycles. The predicted octanol–water partition coefficient (Wildman–Crippen LogP) is 4.84. The number of nitrogens with zero attached hydrogens (tertiary/aromatic N) is 3. The minimum Gasteiger partial charge on any atom is -0.493 e. The van der Waals surface area contributed by atoms with Gasteiger partial charge in [0.05, 0.1) is 17.1 Å². The number of hydrogen-bond donors (Lipinski definition) is 2. The molecule has 0 saturated heterocycles. The maximum Gasteiger partial charge on any atom is 0.222 e. The average molecular weight is 320 g/mol. The van der Waals surface area contributed by atoms with Crippen molar-refractivity contribution < 1.29 is 5.11 Å². The van der Waals surface area contributed by atoms with Crippen LogP contribution in [0.4, 0.5) is 5.69 Å². The Labute approximate surface area is 137 Å². The molecule has 6 heteroatoms. The Bertz CT molecular complexity index is 999. The van der Waals surface area contributed by atoms with E-state index in [2.05, 4.69) is 15.2 Å². The molecular weight excluding hydrogens is 308 g/mol. The molecule has 23 heavy (non-hydrogen) atoms. The Morgan fingerprint density at radius 2 is 1.74 bits per heavy atom. The third-order valence-corrected chi connectivity index (χ3v) is 3.92. The third-order valence-electron chi connectivity index (χ3n) is 3.64. The molecule has 0 radical (unpaired) electrons. The second-order valence-corrected chi connectivity index (χ2v) is 5.47. The van der Waals surface area contributed by atoms with Crippen molar-refractivity contribution in [1.82, 2.24) is 9.55 Å². The molecule has 3 aromatic rings. The highest BCUT2D eigenvalue weighted by Gasteiger charge is 2.16. The molecule has 2 aromatic carbocycles. The summed E-state index contributed by atoms with van der Waals surface area (Å²) in [6, 6.07) is 17.1. The number of aromatic hydroxyl groups is 1. The first-order chi connectivity index (χ1) is 11.2. The van der Waals surface area contributed by atoms with Crippen molar-refractivity contribution >= 4 is 29.7 Å². The molecule has 0 fully saturated rings. The van der Waals surface area contributed by atoms with E-state index in [9.17, 15) is 5.11 Å². The van der Waals surface area contributed by atoms with Gasteiger partial charge in [0, 0.05) is 5.56 Å². The van der Waals surface area contributed by atoms with Crippen LogP contribution in [-0.2, 0) is 0 Å². The highest BCUT2D eigenvalue weighted by atomic mass is 32.1. The van der Waals surface area contributed by atoms with Crippen molar-refractivity contribution in [3.05, 3.63) is 70.6 Å². The van der Waals surface area contributed by atoms with Gasteiger partial charge in [0.1, 0.15) is 5.69 Å². The highest BCUT2D eigenvalue weighted by molar-refractivity contribution is 7.71. The van der Waals surface area contributed by atoms with Crippen LogP contribution in [0, 0.1) is 4.77 Å². The molecule has 0 saturated carbocycles. The normalized spacial score (nSPS) is 14.3. The van der Waals surface area contributed by atoms with E-state index >= 15 is 0 Å². The van der Waals surface area contributed by atoms with Crippen LogP contribution in [0.5, 0.6) is 5.88 Å². The molecule has 1 aromatic heterocycles. The molecule has 4 rings (SSSR count). The summed E-state index contributed by atoms with van der Waals surface area (Å²) in [6.07, 6.45) is 1.75. The first-order valence-corrected chi connectivity index (χ1v) is 7.47. The number of nitrogens with one attached hydrogen (secondary N) is 1. The van der Waals surface area contributed by atoms with E-state index < -0.39 is 0 Å². The maximum atomic E-state index is 10.5. The molecule has 0 spiro atoms. The lowest BCUT2D eigenvalue weighted by Crippen LogP contribution is -1.92. The number of imidazole rings is 1. The van der Waals surface area contributed by atoms with E-state index in [4.69, 9.17) is 12.2 Å². The molecule has 1 aliphatic rings. The Kier molecular flexibility index (Phi) is 3.17. The van der Waals surface area contributed by atoms with Gasteiger partial charge in [-0.1, -0.05) is 36.4 Å². The fourth-order valence-corrected chi connectivity index (χ4v) is 2.85. The minimum atomic E-state index is 0.0493. The number of para-hydroxylation sites is 1. The Morgan fingerprint density at radius 3 is 2.57 bits per heavy atom. The van der Waals surface area contributed by atoms with Crippen LogP contribution in [0.2, 0.25) is 0 Å². The second-order valence-electron chi connectivity index (χ2n) is 5.09. The van der Waals surface area contributed by atoms with Gasteiger partial charge < -0.3 is 10.1 Å². The van der Waals surface area contributed by atoms with Gasteiger partial charge in [-0.2, -0.15) is 0 Å². The maximum absolute atomic E-state index is 10.5. The van der Waals surface area contributed by atoms with Crippen LogP contribution in [-0.4, -0.2) is 14.7 Å². The summed E-state index contributed by atoms with van der Waals surface area (Å²) >= 11 is 5.33. The first-order valence-electron chi connectivity index (χ1n) is 7.06. The number of H-pyrrole nitrogens is 1. The minimum absolute atomic E-state index is 0.0493. The molecule has 0 unspecified atom stereocenters. The predicted molar refractivity (Wildman–Crippen MR) is 91.4 cm³/mol. The average Bonchev–Trinajstić information content (AvgIpc) is 3.10. The summed E-state index contributed by atoms with van der Waals surface area (Å²) in [5.41, 5.74) is 3.74. The number of aromatic nitrogens is 2. The van der Waals surface area contributed by atoms with E-state index in [0.29, 0.717) is 16.2 Å². The molecule has 2 N–H and O–H groups in total. The summed E-state index contributed by atoms with van der Waals surface area (Å²) in [5, 5.41) is 18.8. The van der Waals surface area contributed by atoms with E-state index in [0.717, 1.165) is 16.9 Å². The topological polar surface area (TPSA) is 65.7 Å². The van der Waals surface area contributed by atoms with Gasteiger partial charge >= 0.3 is 0 Å². The highest BCUT2D eigenvalue weighted by Crippen LogP contribution is 2.36. The van der Waals surface area contributed by atoms with Crippen LogP contribution < -0.4 is 0 Å². The molecule has 0 atom stereocenters. The Balaban J connectivity index is 1.83. The number of hydrogen-bond acceptors (Lipinski definition) is 4. The van der Waals surface area contributed by atoms with Gasteiger partial charge in [0.25, 0.3) is 0 Å². The Morgan fingerprint density at radius 1 is 1.00 bits per heavy atom. The first kappa shape index (κ1) is 13.7. The number of aromatic amines is 1. The summed E-state index contributed by atoms with van der Waals surface area (Å²) in [6.45, 7) is 0. The molecule has 5 nitrogen and oxygen atoms in total. The second kappa shape index (κ2) is 5.33. The monoisotopic (exact) mass is 320 g/mol. The van der Waals surface area contributed by atoms with Gasteiger partial charge in [-0.3, -0.25) is 4.57 Å². The summed E-state index contributed by atoms with van der Waals surface area (Å²) < 4.78 is 2.00. The Hall–Kier alpha value is -2.99. The van der Waals surface area contributed by atoms with Gasteiger partial charge in [0.15, 0.2) is 4.77 Å². The number of azo groups is 1. The van der Waals surface area contributed by atoms with E-state index in [1.807, 2.05) is 54.6 Å². The SMILES string of the molecule is Oc1c(/C=C2\N=Nc3ccccc32)[nH]c(=S)n1-c1ccccc1. The van der Waals surface area contributed by atoms with Crippen LogP contribution in [0.15, 0.2) is 64.8 Å². The van der Waals surface area contributed by atoms with Crippen LogP contribution >= 0.6 is 12.2 Å². The third kappa shape index (κ3) is 2.29. The van der Waals surface area contributed by atoms with Gasteiger partial charge in [0.2, 0.25) is 5.88 Å². The van der Waals surface area contributed by atoms with E-state index in [1.54, 1.807) is 10.6 Å². The molecule has 1 aliphatic heterocycles. The molecule has 112 valence electrons. The van der Waals surface area contributed by atoms with Crippen LogP contribution in [0.3, 0.4) is 0 Å². The van der Waals surface area contributed by atoms with Crippen molar-refractivity contribution in [1.29, 1.82) is 0 Å². The fourth-order valence-electron chi connectivity index (χ4n) is 2.54. The van der Waals surface area contributed by atoms with Gasteiger partial charge in [-0.15, -0.1) is 10.2 Å². The van der Waals surface area contributed by atoms with Crippen LogP contribution in [0.1, 0.15) is 11.3 Å². The lowest BCUT2D eigenvalue weighted by Gasteiger charge is -2.03. The number of fused-ring (bicyclic) bond motifs is 1. The standard InChI is InChI=1S/C17H12N4OS/c22-16-15(10-14-12-8-4-5-9-13(12)19-20-14)18-17(23)21(16)11-6-2-1-3-7-11/h1-10,22H,(H,18,23)/b14-10-. The van der Waals surface area contributed by atoms with Crippen molar-refractivity contribution in [3.63, 3.8) is 0 Å². The smallest absolute Gasteiger partial charge is 0.222 e. The zero-order valence-electron chi connectivity index (χ0n) is 12.0. The van der Waals surface area contributed by atoms with Crippen molar-refractivity contribution in [2.45, 2.75) is 0 Å². The molecule has 0 amide bonds. The molecule has 0 bridgehead atoms. The van der Waals surface area contributed by atoms with E-state index in [-0.39, 0.29) is 5.88 Å². The number of benzene rings is 2.